The lowest BCUT2D eigenvalue weighted by atomic mass is 10.2. The minimum absolute atomic E-state index is 0.0415. The fourth-order valence-electron chi connectivity index (χ4n) is 2.80. The molecule has 124 valence electrons. The highest BCUT2D eigenvalue weighted by Gasteiger charge is 2.23. The fraction of sp³-hybridized carbons (Fsp3) is 0.278. The average Bonchev–Trinajstić information content (AvgIpc) is 2.87. The minimum Gasteiger partial charge on any atom is -0.337 e. The molecule has 0 radical (unpaired) electrons. The third-order valence-corrected chi connectivity index (χ3v) is 4.29. The molecule has 1 fully saturated rings. The molecule has 6 heteroatoms. The van der Waals surface area contributed by atoms with E-state index in [-0.39, 0.29) is 11.8 Å². The Morgan fingerprint density at radius 3 is 2.21 bits per heavy atom. The first-order valence-electron chi connectivity index (χ1n) is 7.89. The molecule has 2 heterocycles. The standard InChI is InChI=1S/C18H18ClN3O2/c19-16-6-1-4-14(12-16)17(23)21-8-3-9-22(11-10-21)18(24)15-5-2-7-20-13-15/h1-2,4-7,12-13H,3,8-11H2. The number of hydrogen-bond acceptors (Lipinski definition) is 3. The predicted molar refractivity (Wildman–Crippen MR) is 92.1 cm³/mol. The third-order valence-electron chi connectivity index (χ3n) is 4.05. The molecule has 5 nitrogen and oxygen atoms in total. The monoisotopic (exact) mass is 343 g/mol. The van der Waals surface area contributed by atoms with E-state index < -0.39 is 0 Å². The minimum atomic E-state index is -0.0480. The van der Waals surface area contributed by atoms with Crippen LogP contribution in [0.15, 0.2) is 48.8 Å². The lowest BCUT2D eigenvalue weighted by molar-refractivity contribution is 0.0718. The number of rotatable bonds is 2. The van der Waals surface area contributed by atoms with Gasteiger partial charge < -0.3 is 9.80 Å². The molecule has 2 aromatic rings. The number of halogens is 1. The van der Waals surface area contributed by atoms with Crippen molar-refractivity contribution in [1.29, 1.82) is 0 Å². The van der Waals surface area contributed by atoms with Gasteiger partial charge in [0.2, 0.25) is 0 Å². The Hall–Kier alpha value is -2.40. The molecule has 2 amide bonds. The second kappa shape index (κ2) is 7.45. The van der Waals surface area contributed by atoms with Crippen molar-refractivity contribution >= 4 is 23.4 Å². The van der Waals surface area contributed by atoms with E-state index in [1.807, 2.05) is 0 Å². The molecule has 0 saturated carbocycles. The highest BCUT2D eigenvalue weighted by molar-refractivity contribution is 6.30. The number of carbonyl (C=O) groups excluding carboxylic acids is 2. The normalized spacial score (nSPS) is 15.0. The van der Waals surface area contributed by atoms with E-state index in [9.17, 15) is 9.59 Å². The molecule has 1 aliphatic heterocycles. The summed E-state index contributed by atoms with van der Waals surface area (Å²) in [4.78, 5) is 32.7. The Bertz CT molecular complexity index is 736. The fourth-order valence-corrected chi connectivity index (χ4v) is 2.99. The van der Waals surface area contributed by atoms with Crippen molar-refractivity contribution in [2.45, 2.75) is 6.42 Å². The van der Waals surface area contributed by atoms with Crippen molar-refractivity contribution in [2.75, 3.05) is 26.2 Å². The van der Waals surface area contributed by atoms with E-state index >= 15 is 0 Å². The van der Waals surface area contributed by atoms with Gasteiger partial charge in [-0.15, -0.1) is 0 Å². The lowest BCUT2D eigenvalue weighted by Gasteiger charge is -2.22. The summed E-state index contributed by atoms with van der Waals surface area (Å²) in [7, 11) is 0. The summed E-state index contributed by atoms with van der Waals surface area (Å²) in [6, 6.07) is 10.5. The third kappa shape index (κ3) is 3.74. The molecular formula is C18H18ClN3O2. The van der Waals surface area contributed by atoms with Crippen LogP contribution in [0.1, 0.15) is 27.1 Å². The molecule has 0 atom stereocenters. The van der Waals surface area contributed by atoms with E-state index in [1.54, 1.807) is 58.6 Å². The van der Waals surface area contributed by atoms with Crippen LogP contribution >= 0.6 is 11.6 Å². The molecule has 1 saturated heterocycles. The van der Waals surface area contributed by atoms with Crippen LogP contribution in [0.25, 0.3) is 0 Å². The van der Waals surface area contributed by atoms with Crippen LogP contribution in [0, 0.1) is 0 Å². The van der Waals surface area contributed by atoms with Crippen LogP contribution in [-0.4, -0.2) is 52.8 Å². The van der Waals surface area contributed by atoms with Crippen LogP contribution in [0.4, 0.5) is 0 Å². The Balaban J connectivity index is 1.67. The van der Waals surface area contributed by atoms with Gasteiger partial charge in [-0.3, -0.25) is 14.6 Å². The quantitative estimate of drug-likeness (QED) is 0.842. The van der Waals surface area contributed by atoms with Gasteiger partial charge in [0, 0.05) is 49.2 Å². The molecule has 24 heavy (non-hydrogen) atoms. The van der Waals surface area contributed by atoms with Crippen molar-refractivity contribution in [1.82, 2.24) is 14.8 Å². The van der Waals surface area contributed by atoms with E-state index in [1.165, 1.54) is 0 Å². The Kier molecular flexibility index (Phi) is 5.11. The molecule has 1 aliphatic rings. The zero-order valence-electron chi connectivity index (χ0n) is 13.2. The van der Waals surface area contributed by atoms with Gasteiger partial charge in [0.15, 0.2) is 0 Å². The van der Waals surface area contributed by atoms with E-state index in [4.69, 9.17) is 11.6 Å². The van der Waals surface area contributed by atoms with Gasteiger partial charge >= 0.3 is 0 Å². The van der Waals surface area contributed by atoms with Crippen LogP contribution in [0.3, 0.4) is 0 Å². The lowest BCUT2D eigenvalue weighted by Crippen LogP contribution is -2.37. The number of nitrogens with zero attached hydrogens (tertiary/aromatic N) is 3. The zero-order chi connectivity index (χ0) is 16.9. The maximum absolute atomic E-state index is 12.6. The molecule has 0 aliphatic carbocycles. The summed E-state index contributed by atoms with van der Waals surface area (Å²) in [6.45, 7) is 2.28. The first kappa shape index (κ1) is 16.5. The van der Waals surface area contributed by atoms with Gasteiger partial charge in [-0.05, 0) is 36.8 Å². The summed E-state index contributed by atoms with van der Waals surface area (Å²) in [5.74, 6) is -0.0895. The van der Waals surface area contributed by atoms with E-state index in [2.05, 4.69) is 4.98 Å². The Morgan fingerprint density at radius 2 is 1.58 bits per heavy atom. The SMILES string of the molecule is O=C(c1cccnc1)N1CCCN(C(=O)c2cccc(Cl)c2)CC1. The summed E-state index contributed by atoms with van der Waals surface area (Å²) in [5, 5.41) is 0.545. The highest BCUT2D eigenvalue weighted by Crippen LogP contribution is 2.15. The summed E-state index contributed by atoms with van der Waals surface area (Å²) in [6.07, 6.45) is 3.96. The van der Waals surface area contributed by atoms with Crippen LogP contribution in [0.2, 0.25) is 5.02 Å². The molecule has 0 N–H and O–H groups in total. The second-order valence-corrected chi connectivity index (χ2v) is 6.13. The van der Waals surface area contributed by atoms with E-state index in [0.29, 0.717) is 42.3 Å². The average molecular weight is 344 g/mol. The smallest absolute Gasteiger partial charge is 0.255 e. The first-order valence-corrected chi connectivity index (χ1v) is 8.27. The number of aromatic nitrogens is 1. The maximum atomic E-state index is 12.6. The van der Waals surface area contributed by atoms with Crippen molar-refractivity contribution in [3.63, 3.8) is 0 Å². The van der Waals surface area contributed by atoms with Gasteiger partial charge in [0.1, 0.15) is 0 Å². The van der Waals surface area contributed by atoms with Crippen LogP contribution in [-0.2, 0) is 0 Å². The van der Waals surface area contributed by atoms with Crippen LogP contribution < -0.4 is 0 Å². The van der Waals surface area contributed by atoms with Gasteiger partial charge in [0.25, 0.3) is 11.8 Å². The number of hydrogen-bond donors (Lipinski definition) is 0. The zero-order valence-corrected chi connectivity index (χ0v) is 13.9. The topological polar surface area (TPSA) is 53.5 Å². The predicted octanol–water partition coefficient (Wildman–Crippen LogP) is 2.72. The van der Waals surface area contributed by atoms with Gasteiger partial charge in [0.05, 0.1) is 5.56 Å². The molecule has 0 unspecified atom stereocenters. The molecule has 3 rings (SSSR count). The number of carbonyl (C=O) groups is 2. The largest absolute Gasteiger partial charge is 0.337 e. The first-order chi connectivity index (χ1) is 11.6. The van der Waals surface area contributed by atoms with Gasteiger partial charge in [-0.2, -0.15) is 0 Å². The summed E-state index contributed by atoms with van der Waals surface area (Å²) in [5.41, 5.74) is 1.15. The molecule has 0 spiro atoms. The maximum Gasteiger partial charge on any atom is 0.255 e. The number of benzene rings is 1. The van der Waals surface area contributed by atoms with Crippen molar-refractivity contribution < 1.29 is 9.59 Å². The Labute approximate surface area is 145 Å². The van der Waals surface area contributed by atoms with Gasteiger partial charge in [-0.25, -0.2) is 0 Å². The summed E-state index contributed by atoms with van der Waals surface area (Å²) >= 11 is 5.96. The van der Waals surface area contributed by atoms with Gasteiger partial charge in [-0.1, -0.05) is 17.7 Å². The molecule has 1 aromatic carbocycles. The van der Waals surface area contributed by atoms with Crippen LogP contribution in [0.5, 0.6) is 0 Å². The Morgan fingerprint density at radius 1 is 0.917 bits per heavy atom. The highest BCUT2D eigenvalue weighted by atomic mass is 35.5. The number of amides is 2. The number of pyridine rings is 1. The summed E-state index contributed by atoms with van der Waals surface area (Å²) < 4.78 is 0. The van der Waals surface area contributed by atoms with Crippen molar-refractivity contribution in [2.24, 2.45) is 0 Å². The second-order valence-electron chi connectivity index (χ2n) is 5.69. The van der Waals surface area contributed by atoms with E-state index in [0.717, 1.165) is 6.42 Å². The van der Waals surface area contributed by atoms with Crippen molar-refractivity contribution in [3.05, 3.63) is 64.9 Å². The molecular weight excluding hydrogens is 326 g/mol. The van der Waals surface area contributed by atoms with Crippen molar-refractivity contribution in [3.8, 4) is 0 Å². The molecule has 0 bridgehead atoms. The molecule has 1 aromatic heterocycles.